The average molecular weight is 503 g/mol. The van der Waals surface area contributed by atoms with Gasteiger partial charge in [0.25, 0.3) is 11.8 Å². The third-order valence-electron chi connectivity index (χ3n) is 6.73. The number of hydrazone groups is 1. The summed E-state index contributed by atoms with van der Waals surface area (Å²) < 4.78 is 0. The molecule has 4 aromatic carbocycles. The number of nitrogens with zero attached hydrogens (tertiary/aromatic N) is 2. The van der Waals surface area contributed by atoms with Gasteiger partial charge in [0.15, 0.2) is 0 Å². The fourth-order valence-corrected chi connectivity index (χ4v) is 4.59. The second kappa shape index (κ2) is 11.7. The molecule has 6 heteroatoms. The van der Waals surface area contributed by atoms with Crippen molar-refractivity contribution < 1.29 is 9.59 Å². The molecule has 0 spiro atoms. The van der Waals surface area contributed by atoms with Gasteiger partial charge in [0, 0.05) is 36.4 Å². The maximum absolute atomic E-state index is 12.7. The predicted molar refractivity (Wildman–Crippen MR) is 151 cm³/mol. The molecule has 1 aliphatic heterocycles. The Kier molecular flexibility index (Phi) is 7.71. The van der Waals surface area contributed by atoms with Gasteiger partial charge in [0.05, 0.1) is 5.71 Å². The highest BCUT2D eigenvalue weighted by Gasteiger charge is 2.16. The number of rotatable bonds is 7. The van der Waals surface area contributed by atoms with E-state index in [-0.39, 0.29) is 11.8 Å². The van der Waals surface area contributed by atoms with Crippen molar-refractivity contribution in [3.05, 3.63) is 137 Å². The first kappa shape index (κ1) is 25.1. The van der Waals surface area contributed by atoms with Crippen LogP contribution in [0.25, 0.3) is 0 Å². The fourth-order valence-electron chi connectivity index (χ4n) is 4.59. The molecule has 1 heterocycles. The number of fused-ring (bicyclic) bond motifs is 1. The van der Waals surface area contributed by atoms with E-state index in [0.29, 0.717) is 22.5 Å². The molecule has 0 bridgehead atoms. The first-order valence-electron chi connectivity index (χ1n) is 12.7. The lowest BCUT2D eigenvalue weighted by Gasteiger charge is -2.28. The first-order chi connectivity index (χ1) is 18.5. The summed E-state index contributed by atoms with van der Waals surface area (Å²) in [6.07, 6.45) is 1.07. The maximum Gasteiger partial charge on any atom is 0.271 e. The monoisotopic (exact) mass is 502 g/mol. The van der Waals surface area contributed by atoms with Gasteiger partial charge < -0.3 is 5.32 Å². The van der Waals surface area contributed by atoms with Crippen LogP contribution in [-0.2, 0) is 19.5 Å². The lowest BCUT2D eigenvalue weighted by molar-refractivity contribution is 0.0954. The molecule has 2 amide bonds. The zero-order chi connectivity index (χ0) is 26.3. The zero-order valence-corrected chi connectivity index (χ0v) is 21.4. The first-order valence-corrected chi connectivity index (χ1v) is 12.7. The molecule has 5 rings (SSSR count). The SMILES string of the molecule is C/C(=N/NC(=O)c1ccc(CN2CCc3ccccc3C2)cc1)c1cccc(NC(=O)c2ccccc2)c1. The van der Waals surface area contributed by atoms with Crippen molar-refractivity contribution in [2.24, 2.45) is 5.10 Å². The van der Waals surface area contributed by atoms with Crippen LogP contribution in [0.15, 0.2) is 108 Å². The Bertz CT molecular complexity index is 1460. The Labute approximate surface area is 223 Å². The molecule has 6 nitrogen and oxygen atoms in total. The molecule has 1 aliphatic rings. The fraction of sp³-hybridized carbons (Fsp3) is 0.156. The molecule has 0 atom stereocenters. The van der Waals surface area contributed by atoms with E-state index < -0.39 is 0 Å². The third kappa shape index (κ3) is 6.22. The van der Waals surface area contributed by atoms with Gasteiger partial charge in [0.2, 0.25) is 0 Å². The molecule has 0 aromatic heterocycles. The van der Waals surface area contributed by atoms with Gasteiger partial charge in [-0.1, -0.05) is 66.7 Å². The molecule has 2 N–H and O–H groups in total. The van der Waals surface area contributed by atoms with Gasteiger partial charge in [-0.05, 0) is 72.0 Å². The smallest absolute Gasteiger partial charge is 0.271 e. The number of hydrogen-bond acceptors (Lipinski definition) is 4. The van der Waals surface area contributed by atoms with Crippen molar-refractivity contribution in [1.82, 2.24) is 10.3 Å². The zero-order valence-electron chi connectivity index (χ0n) is 21.4. The second-order valence-corrected chi connectivity index (χ2v) is 9.47. The van der Waals surface area contributed by atoms with Gasteiger partial charge in [0.1, 0.15) is 0 Å². The van der Waals surface area contributed by atoms with Crippen molar-refractivity contribution in [2.75, 3.05) is 11.9 Å². The molecular formula is C32H30N4O2. The van der Waals surface area contributed by atoms with Crippen molar-refractivity contribution in [1.29, 1.82) is 0 Å². The second-order valence-electron chi connectivity index (χ2n) is 9.47. The summed E-state index contributed by atoms with van der Waals surface area (Å²) >= 11 is 0. The highest BCUT2D eigenvalue weighted by molar-refractivity contribution is 6.06. The molecular weight excluding hydrogens is 472 g/mol. The minimum absolute atomic E-state index is 0.181. The van der Waals surface area contributed by atoms with Gasteiger partial charge in [-0.15, -0.1) is 0 Å². The minimum atomic E-state index is -0.267. The van der Waals surface area contributed by atoms with E-state index in [4.69, 9.17) is 0 Å². The summed E-state index contributed by atoms with van der Waals surface area (Å²) in [5.41, 5.74) is 9.89. The van der Waals surface area contributed by atoms with Gasteiger partial charge >= 0.3 is 0 Å². The van der Waals surface area contributed by atoms with Crippen LogP contribution < -0.4 is 10.7 Å². The Hall–Kier alpha value is -4.55. The lowest BCUT2D eigenvalue weighted by atomic mass is 9.99. The Morgan fingerprint density at radius 2 is 1.45 bits per heavy atom. The normalized spacial score (nSPS) is 13.4. The summed E-state index contributed by atoms with van der Waals surface area (Å²) in [5, 5.41) is 7.18. The van der Waals surface area contributed by atoms with Crippen LogP contribution in [-0.4, -0.2) is 29.0 Å². The van der Waals surface area contributed by atoms with E-state index in [0.717, 1.165) is 31.6 Å². The van der Waals surface area contributed by atoms with Crippen molar-refractivity contribution in [3.8, 4) is 0 Å². The van der Waals surface area contributed by atoms with Crippen molar-refractivity contribution in [3.63, 3.8) is 0 Å². The lowest BCUT2D eigenvalue weighted by Crippen LogP contribution is -2.30. The van der Waals surface area contributed by atoms with Gasteiger partial charge in [-0.3, -0.25) is 14.5 Å². The summed E-state index contributed by atoms with van der Waals surface area (Å²) in [4.78, 5) is 27.6. The Balaban J connectivity index is 1.17. The molecule has 0 radical (unpaired) electrons. The number of benzene rings is 4. The largest absolute Gasteiger partial charge is 0.322 e. The van der Waals surface area contributed by atoms with Crippen LogP contribution in [0.3, 0.4) is 0 Å². The summed E-state index contributed by atoms with van der Waals surface area (Å²) in [5.74, 6) is -0.449. The standard InChI is InChI=1S/C32H30N4O2/c1-23(28-12-7-13-30(20-28)33-31(37)26-9-3-2-4-10-26)34-35-32(38)27-16-14-24(15-17-27)21-36-19-18-25-8-5-6-11-29(25)22-36/h2-17,20H,18-19,21-22H2,1H3,(H,33,37)(H,35,38)/b34-23-. The minimum Gasteiger partial charge on any atom is -0.322 e. The Morgan fingerprint density at radius 1 is 0.763 bits per heavy atom. The van der Waals surface area contributed by atoms with Crippen LogP contribution >= 0.6 is 0 Å². The molecule has 0 fully saturated rings. The van der Waals surface area contributed by atoms with Crippen molar-refractivity contribution >= 4 is 23.2 Å². The molecule has 4 aromatic rings. The average Bonchev–Trinajstić information content (AvgIpc) is 2.96. The van der Waals surface area contributed by atoms with Crippen LogP contribution in [0, 0.1) is 0 Å². The molecule has 190 valence electrons. The summed E-state index contributed by atoms with van der Waals surface area (Å²) in [7, 11) is 0. The van der Waals surface area contributed by atoms with E-state index in [1.54, 1.807) is 12.1 Å². The van der Waals surface area contributed by atoms with Crippen LogP contribution in [0.2, 0.25) is 0 Å². The number of hydrogen-bond donors (Lipinski definition) is 2. The maximum atomic E-state index is 12.7. The van der Waals surface area contributed by atoms with E-state index in [9.17, 15) is 9.59 Å². The van der Waals surface area contributed by atoms with Crippen LogP contribution in [0.5, 0.6) is 0 Å². The quantitative estimate of drug-likeness (QED) is 0.253. The summed E-state index contributed by atoms with van der Waals surface area (Å²) in [6.45, 7) is 4.65. The van der Waals surface area contributed by atoms with E-state index in [1.807, 2.05) is 73.7 Å². The molecule has 38 heavy (non-hydrogen) atoms. The molecule has 0 aliphatic carbocycles. The summed E-state index contributed by atoms with van der Waals surface area (Å²) in [6, 6.07) is 32.7. The van der Waals surface area contributed by atoms with Gasteiger partial charge in [-0.25, -0.2) is 5.43 Å². The predicted octanol–water partition coefficient (Wildman–Crippen LogP) is 5.65. The third-order valence-corrected chi connectivity index (χ3v) is 6.73. The topological polar surface area (TPSA) is 73.8 Å². The Morgan fingerprint density at radius 3 is 2.24 bits per heavy atom. The molecule has 0 saturated heterocycles. The highest BCUT2D eigenvalue weighted by Crippen LogP contribution is 2.20. The number of carbonyl (C=O) groups is 2. The highest BCUT2D eigenvalue weighted by atomic mass is 16.2. The molecule has 0 saturated carbocycles. The van der Waals surface area contributed by atoms with Crippen LogP contribution in [0.4, 0.5) is 5.69 Å². The van der Waals surface area contributed by atoms with Crippen molar-refractivity contribution in [2.45, 2.75) is 26.4 Å². The van der Waals surface area contributed by atoms with E-state index in [2.05, 4.69) is 45.0 Å². The van der Waals surface area contributed by atoms with E-state index >= 15 is 0 Å². The molecule has 0 unspecified atom stereocenters. The number of carbonyl (C=O) groups excluding carboxylic acids is 2. The van der Waals surface area contributed by atoms with Crippen LogP contribution in [0.1, 0.15) is 49.9 Å². The number of nitrogens with one attached hydrogen (secondary N) is 2. The number of anilines is 1. The van der Waals surface area contributed by atoms with E-state index in [1.165, 1.54) is 16.7 Å². The number of amides is 2. The van der Waals surface area contributed by atoms with Gasteiger partial charge in [-0.2, -0.15) is 5.10 Å².